The van der Waals surface area contributed by atoms with Crippen LogP contribution in [0.3, 0.4) is 0 Å². The molecule has 0 saturated heterocycles. The third kappa shape index (κ3) is 3.75. The van der Waals surface area contributed by atoms with E-state index in [-0.39, 0.29) is 17.0 Å². The molecule has 0 aliphatic heterocycles. The van der Waals surface area contributed by atoms with Crippen LogP contribution in [0.1, 0.15) is 5.56 Å². The summed E-state index contributed by atoms with van der Waals surface area (Å²) in [5, 5.41) is 0. The number of para-hydroxylation sites is 1. The number of carbonyl (C=O) groups is 1. The Labute approximate surface area is 96.6 Å². The van der Waals surface area contributed by atoms with Crippen molar-refractivity contribution in [3.05, 3.63) is 35.9 Å². The van der Waals surface area contributed by atoms with Gasteiger partial charge < -0.3 is 15.2 Å². The van der Waals surface area contributed by atoms with Crippen LogP contribution in [0.4, 0.5) is 8.78 Å². The molecule has 0 atom stereocenters. The van der Waals surface area contributed by atoms with Gasteiger partial charge in [0, 0.05) is 17.3 Å². The lowest BCUT2D eigenvalue weighted by Crippen LogP contribution is -2.08. The van der Waals surface area contributed by atoms with Crippen molar-refractivity contribution in [2.45, 2.75) is 6.61 Å². The molecule has 0 unspecified atom stereocenters. The second-order valence-electron chi connectivity index (χ2n) is 3.00. The van der Waals surface area contributed by atoms with E-state index in [1.807, 2.05) is 0 Å². The molecule has 0 aliphatic rings. The van der Waals surface area contributed by atoms with Gasteiger partial charge in [-0.05, 0) is 12.1 Å². The standard InChI is InChI=1S/C11H11F2NO3/c1-16-10(15)6-8(14)7-4-2-3-5-9(7)17-11(12)13/h2-6,11H,14H2,1H3/b8-6-. The average molecular weight is 243 g/mol. The van der Waals surface area contributed by atoms with Crippen LogP contribution in [0.2, 0.25) is 0 Å². The van der Waals surface area contributed by atoms with Crippen LogP contribution in [0.15, 0.2) is 30.3 Å². The van der Waals surface area contributed by atoms with Crippen LogP contribution in [0, 0.1) is 0 Å². The Bertz CT molecular complexity index is 432. The van der Waals surface area contributed by atoms with Gasteiger partial charge >= 0.3 is 12.6 Å². The minimum atomic E-state index is -2.96. The number of carbonyl (C=O) groups excluding carboxylic acids is 1. The molecule has 1 aromatic carbocycles. The lowest BCUT2D eigenvalue weighted by atomic mass is 10.1. The maximum atomic E-state index is 12.1. The van der Waals surface area contributed by atoms with E-state index in [1.165, 1.54) is 25.3 Å². The van der Waals surface area contributed by atoms with Crippen molar-refractivity contribution in [2.75, 3.05) is 7.11 Å². The Morgan fingerprint density at radius 2 is 2.06 bits per heavy atom. The number of esters is 1. The molecule has 0 radical (unpaired) electrons. The van der Waals surface area contributed by atoms with E-state index in [9.17, 15) is 13.6 Å². The fourth-order valence-electron chi connectivity index (χ4n) is 1.17. The molecule has 2 N–H and O–H groups in total. The molecule has 0 aromatic heterocycles. The van der Waals surface area contributed by atoms with Crippen molar-refractivity contribution < 1.29 is 23.0 Å². The SMILES string of the molecule is COC(=O)/C=C(\N)c1ccccc1OC(F)F. The molecule has 0 spiro atoms. The summed E-state index contributed by atoms with van der Waals surface area (Å²) in [7, 11) is 1.19. The summed E-state index contributed by atoms with van der Waals surface area (Å²) >= 11 is 0. The summed E-state index contributed by atoms with van der Waals surface area (Å²) in [6, 6.07) is 5.91. The second kappa shape index (κ2) is 5.83. The molecular formula is C11H11F2NO3. The molecule has 4 nitrogen and oxygen atoms in total. The first-order chi connectivity index (χ1) is 8.04. The Morgan fingerprint density at radius 1 is 1.41 bits per heavy atom. The molecule has 0 aliphatic carbocycles. The van der Waals surface area contributed by atoms with Crippen LogP contribution in [0.25, 0.3) is 5.70 Å². The summed E-state index contributed by atoms with van der Waals surface area (Å²) in [6.45, 7) is -2.96. The van der Waals surface area contributed by atoms with Crippen molar-refractivity contribution in [3.8, 4) is 5.75 Å². The van der Waals surface area contributed by atoms with E-state index < -0.39 is 12.6 Å². The molecule has 0 heterocycles. The fourth-order valence-corrected chi connectivity index (χ4v) is 1.17. The van der Waals surface area contributed by atoms with Crippen molar-refractivity contribution in [3.63, 3.8) is 0 Å². The van der Waals surface area contributed by atoms with E-state index in [4.69, 9.17) is 5.73 Å². The highest BCUT2D eigenvalue weighted by atomic mass is 19.3. The van der Waals surface area contributed by atoms with E-state index in [2.05, 4.69) is 9.47 Å². The zero-order valence-corrected chi connectivity index (χ0v) is 9.02. The number of hydrogen-bond donors (Lipinski definition) is 1. The monoisotopic (exact) mass is 243 g/mol. The topological polar surface area (TPSA) is 61.5 Å². The maximum absolute atomic E-state index is 12.1. The molecule has 6 heteroatoms. The van der Waals surface area contributed by atoms with E-state index in [0.717, 1.165) is 6.08 Å². The lowest BCUT2D eigenvalue weighted by molar-refractivity contribution is -0.134. The number of benzene rings is 1. The van der Waals surface area contributed by atoms with Crippen molar-refractivity contribution >= 4 is 11.7 Å². The van der Waals surface area contributed by atoms with Gasteiger partial charge in [-0.1, -0.05) is 12.1 Å². The first-order valence-electron chi connectivity index (χ1n) is 4.64. The zero-order valence-electron chi connectivity index (χ0n) is 9.02. The van der Waals surface area contributed by atoms with Crippen LogP contribution < -0.4 is 10.5 Å². The number of hydrogen-bond acceptors (Lipinski definition) is 4. The maximum Gasteiger partial charge on any atom is 0.387 e. The van der Waals surface area contributed by atoms with Gasteiger partial charge in [-0.15, -0.1) is 0 Å². The number of rotatable bonds is 4. The Morgan fingerprint density at radius 3 is 2.65 bits per heavy atom. The Hall–Kier alpha value is -2.11. The largest absolute Gasteiger partial charge is 0.466 e. The zero-order chi connectivity index (χ0) is 12.8. The van der Waals surface area contributed by atoms with Crippen molar-refractivity contribution in [1.29, 1.82) is 0 Å². The van der Waals surface area contributed by atoms with E-state index >= 15 is 0 Å². The molecular weight excluding hydrogens is 232 g/mol. The first kappa shape index (κ1) is 13.0. The van der Waals surface area contributed by atoms with Gasteiger partial charge in [0.1, 0.15) is 5.75 Å². The van der Waals surface area contributed by atoms with Crippen LogP contribution >= 0.6 is 0 Å². The van der Waals surface area contributed by atoms with Gasteiger partial charge in [0.25, 0.3) is 0 Å². The van der Waals surface area contributed by atoms with Gasteiger partial charge in [0.2, 0.25) is 0 Å². The molecule has 1 rings (SSSR count). The van der Waals surface area contributed by atoms with Gasteiger partial charge in [0.15, 0.2) is 0 Å². The Kier molecular flexibility index (Phi) is 4.45. The van der Waals surface area contributed by atoms with Gasteiger partial charge in [0.05, 0.1) is 7.11 Å². The molecule has 17 heavy (non-hydrogen) atoms. The Balaban J connectivity index is 3.04. The minimum absolute atomic E-state index is 0.00639. The molecule has 1 aromatic rings. The minimum Gasteiger partial charge on any atom is -0.466 e. The highest BCUT2D eigenvalue weighted by Crippen LogP contribution is 2.24. The molecule has 92 valence electrons. The second-order valence-corrected chi connectivity index (χ2v) is 3.00. The van der Waals surface area contributed by atoms with E-state index in [1.54, 1.807) is 6.07 Å². The van der Waals surface area contributed by atoms with Crippen LogP contribution in [-0.2, 0) is 9.53 Å². The summed E-state index contributed by atoms with van der Waals surface area (Å²) in [5.41, 5.74) is 5.78. The van der Waals surface area contributed by atoms with Crippen LogP contribution in [-0.4, -0.2) is 19.7 Å². The summed E-state index contributed by atoms with van der Waals surface area (Å²) in [4.78, 5) is 11.0. The summed E-state index contributed by atoms with van der Waals surface area (Å²) in [5.74, 6) is -0.769. The average Bonchev–Trinajstić information content (AvgIpc) is 2.28. The summed E-state index contributed by atoms with van der Waals surface area (Å²) < 4.78 is 32.9. The normalized spacial score (nSPS) is 11.4. The molecule has 0 amide bonds. The number of ether oxygens (including phenoxy) is 2. The number of nitrogens with two attached hydrogens (primary N) is 1. The first-order valence-corrected chi connectivity index (χ1v) is 4.64. The number of methoxy groups -OCH3 is 1. The fraction of sp³-hybridized carbons (Fsp3) is 0.182. The molecule has 0 fully saturated rings. The number of halogens is 2. The van der Waals surface area contributed by atoms with Gasteiger partial charge in [-0.2, -0.15) is 8.78 Å². The van der Waals surface area contributed by atoms with Gasteiger partial charge in [-0.25, -0.2) is 4.79 Å². The van der Waals surface area contributed by atoms with Gasteiger partial charge in [-0.3, -0.25) is 0 Å². The third-order valence-electron chi connectivity index (χ3n) is 1.89. The lowest BCUT2D eigenvalue weighted by Gasteiger charge is -2.10. The molecule has 0 bridgehead atoms. The van der Waals surface area contributed by atoms with Crippen LogP contribution in [0.5, 0.6) is 5.75 Å². The van der Waals surface area contributed by atoms with E-state index in [0.29, 0.717) is 0 Å². The quantitative estimate of drug-likeness (QED) is 0.646. The summed E-state index contributed by atoms with van der Waals surface area (Å²) in [6.07, 6.45) is 0.994. The number of alkyl halides is 2. The highest BCUT2D eigenvalue weighted by molar-refractivity contribution is 5.91. The molecule has 0 saturated carbocycles. The predicted octanol–water partition coefficient (Wildman–Crippen LogP) is 1.76. The van der Waals surface area contributed by atoms with Crippen molar-refractivity contribution in [1.82, 2.24) is 0 Å². The predicted molar refractivity (Wildman–Crippen MR) is 57.3 cm³/mol. The third-order valence-corrected chi connectivity index (χ3v) is 1.89. The smallest absolute Gasteiger partial charge is 0.387 e. The van der Waals surface area contributed by atoms with Crippen molar-refractivity contribution in [2.24, 2.45) is 5.73 Å². The highest BCUT2D eigenvalue weighted by Gasteiger charge is 2.11.